The summed E-state index contributed by atoms with van der Waals surface area (Å²) < 4.78 is -0.975. The molecule has 0 unspecified atom stereocenters. The number of rotatable bonds is 5. The van der Waals surface area contributed by atoms with Crippen molar-refractivity contribution in [3.8, 4) is 0 Å². The van der Waals surface area contributed by atoms with Gasteiger partial charge in [-0.05, 0) is 0 Å². The molecule has 0 aromatic rings. The molecule has 0 aliphatic rings. The molecule has 8 heteroatoms. The summed E-state index contributed by atoms with van der Waals surface area (Å²) in [6.45, 7) is -0.781. The van der Waals surface area contributed by atoms with Crippen LogP contribution >= 0.6 is 0 Å². The van der Waals surface area contributed by atoms with Gasteiger partial charge in [0.15, 0.2) is 0 Å². The van der Waals surface area contributed by atoms with Crippen molar-refractivity contribution in [1.29, 1.82) is 0 Å². The molecule has 0 aliphatic heterocycles. The van der Waals surface area contributed by atoms with Crippen LogP contribution < -0.4 is 0 Å². The van der Waals surface area contributed by atoms with Crippen LogP contribution in [0.5, 0.6) is 0 Å². The molecule has 0 aromatic heterocycles. The van der Waals surface area contributed by atoms with Crippen LogP contribution in [-0.4, -0.2) is 61.2 Å². The molecule has 87 valence electrons. The summed E-state index contributed by atoms with van der Waals surface area (Å²) in [6.07, 6.45) is -7.11. The van der Waals surface area contributed by atoms with Crippen molar-refractivity contribution in [3.63, 3.8) is 0 Å². The van der Waals surface area contributed by atoms with Crippen molar-refractivity contribution < 1.29 is 63.4 Å². The minimum atomic E-state index is -1.86. The summed E-state index contributed by atoms with van der Waals surface area (Å²) in [5.74, 6) is 0. The molecule has 5 N–H and O–H groups in total. The summed E-state index contributed by atoms with van der Waals surface area (Å²) in [7, 11) is 0. The van der Waals surface area contributed by atoms with Crippen molar-refractivity contribution in [2.75, 3.05) is 6.61 Å². The molecule has 0 aromatic carbocycles. The van der Waals surface area contributed by atoms with E-state index in [1.165, 1.54) is 0 Å². The van der Waals surface area contributed by atoms with E-state index in [-0.39, 0.29) is 17.1 Å². The Kier molecular flexibility index (Phi) is 9.37. The van der Waals surface area contributed by atoms with Crippen LogP contribution in [0.2, 0.25) is 0 Å². The Hall–Kier alpha value is 0.509. The molecule has 0 saturated carbocycles. The number of carbonyl (C=O) groups excluding carboxylic acids is 1. The quantitative estimate of drug-likeness (QED) is 0.335. The Bertz CT molecular complexity index is 178. The molecule has 0 radical (unpaired) electrons. The largest absolute Gasteiger partial charge is 0 e. The second-order valence-corrected chi connectivity index (χ2v) is 3.01. The van der Waals surface area contributed by atoms with Gasteiger partial charge in [-0.3, -0.25) is 0 Å². The van der Waals surface area contributed by atoms with Gasteiger partial charge in [0.2, 0.25) is 0 Å². The Labute approximate surface area is 99.2 Å². The van der Waals surface area contributed by atoms with Crippen LogP contribution in [-0.2, 0) is 37.9 Å². The maximum Gasteiger partial charge on any atom is 0 e. The zero-order chi connectivity index (χ0) is 10.6. The molecule has 0 aliphatic carbocycles. The molecule has 0 fully saturated rings. The van der Waals surface area contributed by atoms with Gasteiger partial charge in [0.25, 0.3) is 0 Å². The zero-order valence-electron chi connectivity index (χ0n) is 6.87. The van der Waals surface area contributed by atoms with Gasteiger partial charge in [0, 0.05) is 17.1 Å². The second-order valence-electron chi connectivity index (χ2n) is 2.47. The van der Waals surface area contributed by atoms with E-state index in [1.807, 2.05) is 0 Å². The van der Waals surface area contributed by atoms with Crippen molar-refractivity contribution in [3.05, 3.63) is 0 Å². The average molecular weight is 291 g/mol. The van der Waals surface area contributed by atoms with Gasteiger partial charge in [-0.1, -0.05) is 0 Å². The van der Waals surface area contributed by atoms with Gasteiger partial charge < -0.3 is 0 Å². The number of aliphatic hydroxyl groups is 5. The van der Waals surface area contributed by atoms with Crippen LogP contribution in [0.1, 0.15) is 0 Å². The van der Waals surface area contributed by atoms with Crippen LogP contribution in [0.25, 0.3) is 0 Å². The molecule has 0 spiro atoms. The van der Waals surface area contributed by atoms with Crippen molar-refractivity contribution in [2.24, 2.45) is 0 Å². The van der Waals surface area contributed by atoms with E-state index in [4.69, 9.17) is 25.5 Å². The normalized spacial score (nSPS) is 19.0. The Morgan fingerprint density at radius 1 is 1.14 bits per heavy atom. The van der Waals surface area contributed by atoms with Gasteiger partial charge in [0.1, 0.15) is 0 Å². The van der Waals surface area contributed by atoms with Crippen LogP contribution in [0.3, 0.4) is 0 Å². The summed E-state index contributed by atoms with van der Waals surface area (Å²) in [4.78, 5) is 10.4. The molecule has 14 heavy (non-hydrogen) atoms. The monoisotopic (exact) mass is 291 g/mol. The van der Waals surface area contributed by atoms with E-state index < -0.39 is 35.7 Å². The third-order valence-corrected chi connectivity index (χ3v) is 1.81. The van der Waals surface area contributed by atoms with Crippen molar-refractivity contribution >= 4 is 4.68 Å². The summed E-state index contributed by atoms with van der Waals surface area (Å²) >= 11 is 2.82. The number of aliphatic hydroxyl groups excluding tert-OH is 5. The van der Waals surface area contributed by atoms with E-state index in [0.717, 1.165) is 0 Å². The fourth-order valence-electron chi connectivity index (χ4n) is 0.652. The van der Waals surface area contributed by atoms with E-state index in [9.17, 15) is 4.79 Å². The predicted molar refractivity (Wildman–Crippen MR) is 36.1 cm³/mol. The Morgan fingerprint density at radius 3 is 1.86 bits per heavy atom. The molecule has 6 nitrogen and oxygen atoms in total. The molecule has 4 atom stereocenters. The Balaban J connectivity index is 0. The van der Waals surface area contributed by atoms with E-state index >= 15 is 0 Å². The van der Waals surface area contributed by atoms with Crippen LogP contribution in [0.15, 0.2) is 0 Å². The minimum Gasteiger partial charge on any atom is 0 e. The van der Waals surface area contributed by atoms with E-state index in [0.29, 0.717) is 0 Å². The van der Waals surface area contributed by atoms with Crippen LogP contribution in [0, 0.1) is 0 Å². The average Bonchev–Trinajstić information content (AvgIpc) is 2.12. The first-order chi connectivity index (χ1) is 5.91. The van der Waals surface area contributed by atoms with E-state index in [1.54, 1.807) is 0 Å². The SMILES string of the molecule is O=[C]([Fe])[C@H](O)[C@@H](O)[C@H](O)[C@H](O)CO.[Fe]. The minimum absolute atomic E-state index is 0. The van der Waals surface area contributed by atoms with Crippen molar-refractivity contribution in [2.45, 2.75) is 24.4 Å². The molecule has 0 bridgehead atoms. The van der Waals surface area contributed by atoms with Gasteiger partial charge in [-0.2, -0.15) is 0 Å². The fourth-order valence-corrected chi connectivity index (χ4v) is 0.841. The standard InChI is InChI=1S/C6H11O6.2Fe/c7-1-3(9)5(11)6(12)4(10)2-8;;/h3-7,9-12H,1H2;;/t3-,4+,5-,6-;;/m1../s1. The summed E-state index contributed by atoms with van der Waals surface area (Å²) in [5.41, 5.74) is 0. The van der Waals surface area contributed by atoms with E-state index in [2.05, 4.69) is 16.0 Å². The van der Waals surface area contributed by atoms with Crippen molar-refractivity contribution in [1.82, 2.24) is 0 Å². The van der Waals surface area contributed by atoms with Gasteiger partial charge in [-0.15, -0.1) is 0 Å². The number of hydrogen-bond donors (Lipinski definition) is 5. The maximum atomic E-state index is 10.4. The predicted octanol–water partition coefficient (Wildman–Crippen LogP) is -3.51. The first-order valence-electron chi connectivity index (χ1n) is 3.43. The molecule has 0 heterocycles. The van der Waals surface area contributed by atoms with Gasteiger partial charge >= 0.3 is 82.0 Å². The van der Waals surface area contributed by atoms with Gasteiger partial charge in [-0.25, -0.2) is 0 Å². The summed E-state index contributed by atoms with van der Waals surface area (Å²) in [6, 6.07) is 0. The fraction of sp³-hybridized carbons (Fsp3) is 0.833. The molecular weight excluding hydrogens is 280 g/mol. The molecule has 0 rings (SSSR count). The third-order valence-electron chi connectivity index (χ3n) is 1.48. The van der Waals surface area contributed by atoms with Gasteiger partial charge in [0.05, 0.1) is 0 Å². The molecule has 0 saturated heterocycles. The molecular formula is C6H11Fe2O6. The Morgan fingerprint density at radius 2 is 1.57 bits per heavy atom. The molecule has 0 amide bonds. The number of hydrogen-bond acceptors (Lipinski definition) is 6. The topological polar surface area (TPSA) is 118 Å². The third kappa shape index (κ3) is 4.84. The maximum absolute atomic E-state index is 10.4. The first kappa shape index (κ1) is 16.9. The van der Waals surface area contributed by atoms with Crippen LogP contribution in [0.4, 0.5) is 0 Å². The number of carbonyl (C=O) groups is 1. The summed E-state index contributed by atoms with van der Waals surface area (Å²) in [5, 5.41) is 44.1. The smallest absolute Gasteiger partial charge is 0 e. The second kappa shape index (κ2) is 7.76. The first-order valence-corrected chi connectivity index (χ1v) is 3.98. The zero-order valence-corrected chi connectivity index (χ0v) is 9.08.